The van der Waals surface area contributed by atoms with Crippen molar-refractivity contribution in [3.63, 3.8) is 0 Å². The Morgan fingerprint density at radius 3 is 2.14 bits per heavy atom. The lowest BCUT2D eigenvalue weighted by molar-refractivity contribution is -0.153. The first-order valence-electron chi connectivity index (χ1n) is 8.18. The molecule has 1 rings (SSSR count). The summed E-state index contributed by atoms with van der Waals surface area (Å²) in [6.07, 6.45) is -6.80. The molecule has 0 atom stereocenters. The van der Waals surface area contributed by atoms with E-state index in [-0.39, 0.29) is 12.3 Å². The Balaban J connectivity index is 3.14. The molecule has 0 spiro atoms. The molecule has 1 amide bonds. The normalized spacial score (nSPS) is 11.5. The molecule has 0 fully saturated rings. The number of rotatable bonds is 6. The molecule has 0 aromatic heterocycles. The van der Waals surface area contributed by atoms with Crippen LogP contribution < -0.4 is 5.32 Å². The predicted octanol–water partition coefficient (Wildman–Crippen LogP) is 3.76. The van der Waals surface area contributed by atoms with Crippen molar-refractivity contribution in [1.29, 1.82) is 0 Å². The number of amides is 1. The molecular formula is C18H20F3NO6. The van der Waals surface area contributed by atoms with Crippen molar-refractivity contribution in [3.05, 3.63) is 29.3 Å². The van der Waals surface area contributed by atoms with Gasteiger partial charge in [0, 0.05) is 11.3 Å². The average Bonchev–Trinajstić information content (AvgIpc) is 2.51. The molecule has 1 N–H and O–H groups in total. The maximum Gasteiger partial charge on any atom is 0.416 e. The van der Waals surface area contributed by atoms with Crippen LogP contribution in [0.1, 0.15) is 50.0 Å². The molecule has 0 aliphatic heterocycles. The molecule has 0 bridgehead atoms. The fourth-order valence-electron chi connectivity index (χ4n) is 1.98. The summed E-state index contributed by atoms with van der Waals surface area (Å²) in [5, 5.41) is 2.11. The van der Waals surface area contributed by atoms with Crippen LogP contribution in [0.25, 0.3) is 0 Å². The molecule has 0 unspecified atom stereocenters. The number of ketones is 2. The van der Waals surface area contributed by atoms with Gasteiger partial charge in [-0.2, -0.15) is 13.2 Å². The van der Waals surface area contributed by atoms with Crippen LogP contribution in [-0.4, -0.2) is 35.8 Å². The van der Waals surface area contributed by atoms with Crippen LogP contribution in [-0.2, 0) is 25.2 Å². The highest BCUT2D eigenvalue weighted by molar-refractivity contribution is 6.38. The zero-order chi connectivity index (χ0) is 21.7. The first-order valence-corrected chi connectivity index (χ1v) is 8.18. The number of Topliss-reactive ketones (excluding diaryl/α,β-unsaturated/α-hetero) is 2. The number of benzene rings is 1. The van der Waals surface area contributed by atoms with Crippen molar-refractivity contribution in [1.82, 2.24) is 0 Å². The number of hydrogen-bond acceptors (Lipinski definition) is 6. The first-order chi connectivity index (χ1) is 12.7. The van der Waals surface area contributed by atoms with Crippen LogP contribution >= 0.6 is 0 Å². The summed E-state index contributed by atoms with van der Waals surface area (Å²) in [5.74, 6) is -3.47. The maximum atomic E-state index is 13.1. The highest BCUT2D eigenvalue weighted by Crippen LogP contribution is 2.32. The van der Waals surface area contributed by atoms with E-state index in [2.05, 4.69) is 10.1 Å². The second kappa shape index (κ2) is 8.85. The fourth-order valence-corrected chi connectivity index (χ4v) is 1.98. The van der Waals surface area contributed by atoms with Crippen molar-refractivity contribution < 1.29 is 41.8 Å². The van der Waals surface area contributed by atoms with Gasteiger partial charge in [0.15, 0.2) is 5.78 Å². The summed E-state index contributed by atoms with van der Waals surface area (Å²) in [7, 11) is 0. The Morgan fingerprint density at radius 2 is 1.64 bits per heavy atom. The van der Waals surface area contributed by atoms with E-state index < -0.39 is 53.0 Å². The summed E-state index contributed by atoms with van der Waals surface area (Å²) in [5.41, 5.74) is -2.96. The van der Waals surface area contributed by atoms with Crippen LogP contribution in [0.5, 0.6) is 0 Å². The van der Waals surface area contributed by atoms with Gasteiger partial charge in [-0.15, -0.1) is 0 Å². The summed E-state index contributed by atoms with van der Waals surface area (Å²) >= 11 is 0. The van der Waals surface area contributed by atoms with Gasteiger partial charge in [-0.25, -0.2) is 9.59 Å². The summed E-state index contributed by atoms with van der Waals surface area (Å²) in [6.45, 7) is 6.05. The third kappa shape index (κ3) is 7.37. The van der Waals surface area contributed by atoms with E-state index in [1.807, 2.05) is 0 Å². The van der Waals surface area contributed by atoms with Crippen LogP contribution in [0.2, 0.25) is 0 Å². The lowest BCUT2D eigenvalue weighted by Crippen LogP contribution is -2.27. The number of ether oxygens (including phenoxy) is 2. The van der Waals surface area contributed by atoms with Gasteiger partial charge in [-0.3, -0.25) is 14.9 Å². The van der Waals surface area contributed by atoms with Crippen molar-refractivity contribution in [2.45, 2.75) is 45.9 Å². The molecule has 0 saturated heterocycles. The van der Waals surface area contributed by atoms with Crippen molar-refractivity contribution in [3.8, 4) is 0 Å². The Labute approximate surface area is 159 Å². The first kappa shape index (κ1) is 23.1. The fraction of sp³-hybridized carbons (Fsp3) is 0.444. The number of hydrogen-bond donors (Lipinski definition) is 1. The van der Waals surface area contributed by atoms with E-state index in [1.165, 1.54) is 6.92 Å². The third-order valence-electron chi connectivity index (χ3n) is 3.05. The number of halogens is 3. The van der Waals surface area contributed by atoms with E-state index in [0.717, 1.165) is 6.07 Å². The largest absolute Gasteiger partial charge is 0.460 e. The van der Waals surface area contributed by atoms with E-state index in [1.54, 1.807) is 20.8 Å². The van der Waals surface area contributed by atoms with E-state index in [9.17, 15) is 32.3 Å². The molecule has 0 heterocycles. The molecule has 0 aliphatic carbocycles. The summed E-state index contributed by atoms with van der Waals surface area (Å²) in [4.78, 5) is 46.9. The van der Waals surface area contributed by atoms with Crippen LogP contribution in [0.15, 0.2) is 18.2 Å². The average molecular weight is 403 g/mol. The number of alkyl halides is 3. The molecular weight excluding hydrogens is 383 g/mol. The Morgan fingerprint density at radius 1 is 1.04 bits per heavy atom. The topological polar surface area (TPSA) is 98.8 Å². The zero-order valence-corrected chi connectivity index (χ0v) is 15.7. The molecule has 154 valence electrons. The van der Waals surface area contributed by atoms with Gasteiger partial charge >= 0.3 is 18.2 Å². The van der Waals surface area contributed by atoms with E-state index >= 15 is 0 Å². The third-order valence-corrected chi connectivity index (χ3v) is 3.05. The monoisotopic (exact) mass is 403 g/mol. The van der Waals surface area contributed by atoms with Crippen molar-refractivity contribution in [2.75, 3.05) is 11.9 Å². The van der Waals surface area contributed by atoms with Gasteiger partial charge in [0.25, 0.3) is 0 Å². The SMILES string of the molecule is CCOC(=O)C(=O)CC(=O)c1cc(NC(=O)OC(C)(C)C)cc(C(F)(F)F)c1. The number of esters is 1. The quantitative estimate of drug-likeness (QED) is 0.336. The molecule has 1 aromatic rings. The lowest BCUT2D eigenvalue weighted by atomic mass is 10.0. The molecule has 0 radical (unpaired) electrons. The standard InChI is InChI=1S/C18H20F3NO6/c1-5-27-15(25)14(24)9-13(23)10-6-11(18(19,20)21)8-12(7-10)22-16(26)28-17(2,3)4/h6-8H,5,9H2,1-4H3,(H,22,26). The Hall–Kier alpha value is -2.91. The van der Waals surface area contributed by atoms with Crippen molar-refractivity contribution in [2.24, 2.45) is 0 Å². The second-order valence-electron chi connectivity index (χ2n) is 6.67. The highest BCUT2D eigenvalue weighted by Gasteiger charge is 2.32. The van der Waals surface area contributed by atoms with E-state index in [4.69, 9.17) is 4.74 Å². The van der Waals surface area contributed by atoms with Crippen LogP contribution in [0.3, 0.4) is 0 Å². The number of nitrogens with one attached hydrogen (secondary N) is 1. The van der Waals surface area contributed by atoms with Crippen LogP contribution in [0.4, 0.5) is 23.7 Å². The molecule has 1 aromatic carbocycles. The van der Waals surface area contributed by atoms with Gasteiger partial charge in [0.1, 0.15) is 5.60 Å². The molecule has 10 heteroatoms. The van der Waals surface area contributed by atoms with Gasteiger partial charge in [0.05, 0.1) is 18.6 Å². The smallest absolute Gasteiger partial charge is 0.416 e. The number of carbonyl (C=O) groups excluding carboxylic acids is 4. The molecule has 7 nitrogen and oxygen atoms in total. The zero-order valence-electron chi connectivity index (χ0n) is 15.7. The minimum Gasteiger partial charge on any atom is -0.460 e. The Kier molecular flexibility index (Phi) is 7.31. The predicted molar refractivity (Wildman–Crippen MR) is 91.9 cm³/mol. The van der Waals surface area contributed by atoms with Gasteiger partial charge < -0.3 is 9.47 Å². The van der Waals surface area contributed by atoms with Crippen molar-refractivity contribution >= 4 is 29.3 Å². The van der Waals surface area contributed by atoms with Gasteiger partial charge in [-0.05, 0) is 45.9 Å². The van der Waals surface area contributed by atoms with E-state index in [0.29, 0.717) is 12.1 Å². The lowest BCUT2D eigenvalue weighted by Gasteiger charge is -2.20. The van der Waals surface area contributed by atoms with Gasteiger partial charge in [0.2, 0.25) is 5.78 Å². The summed E-state index contributed by atoms with van der Waals surface area (Å²) < 4.78 is 48.7. The van der Waals surface area contributed by atoms with Crippen LogP contribution in [0, 0.1) is 0 Å². The second-order valence-corrected chi connectivity index (χ2v) is 6.67. The molecule has 0 aliphatic rings. The summed E-state index contributed by atoms with van der Waals surface area (Å²) in [6, 6.07) is 2.11. The highest BCUT2D eigenvalue weighted by atomic mass is 19.4. The number of anilines is 1. The van der Waals surface area contributed by atoms with Gasteiger partial charge in [-0.1, -0.05) is 0 Å². The maximum absolute atomic E-state index is 13.1. The minimum absolute atomic E-state index is 0.0910. The molecule has 28 heavy (non-hydrogen) atoms. The Bertz CT molecular complexity index is 781. The number of carbonyl (C=O) groups is 4. The minimum atomic E-state index is -4.81. The molecule has 0 saturated carbocycles.